The van der Waals surface area contributed by atoms with Gasteiger partial charge in [-0.3, -0.25) is 4.79 Å². The second-order valence-corrected chi connectivity index (χ2v) is 6.77. The van der Waals surface area contributed by atoms with Crippen molar-refractivity contribution in [3.63, 3.8) is 0 Å². The Balaban J connectivity index is 0.000000126. The minimum atomic E-state index is -3.10. The van der Waals surface area contributed by atoms with Gasteiger partial charge in [0.25, 0.3) is 5.91 Å². The summed E-state index contributed by atoms with van der Waals surface area (Å²) in [6.45, 7) is 1.17. The van der Waals surface area contributed by atoms with Crippen LogP contribution in [0.2, 0.25) is 0 Å². The molecular weight excluding hydrogens is 288 g/mol. The molecule has 21 heavy (non-hydrogen) atoms. The predicted octanol–water partition coefficient (Wildman–Crippen LogP) is 1.45. The van der Waals surface area contributed by atoms with Crippen LogP contribution in [0.1, 0.15) is 28.8 Å². The summed E-state index contributed by atoms with van der Waals surface area (Å²) in [5, 5.41) is 2.75. The SMILES string of the molecule is O=C1NCc2ccccc21.O=S1(=O)NCC2=CCCC=C21. The van der Waals surface area contributed by atoms with Gasteiger partial charge in [-0.2, -0.15) is 0 Å². The molecule has 1 aromatic carbocycles. The zero-order chi connectivity index (χ0) is 14.9. The van der Waals surface area contributed by atoms with Crippen molar-refractivity contribution in [2.75, 3.05) is 6.54 Å². The molecule has 2 heterocycles. The van der Waals surface area contributed by atoms with Crippen LogP contribution < -0.4 is 10.0 Å². The molecule has 2 N–H and O–H groups in total. The average molecular weight is 304 g/mol. The van der Waals surface area contributed by atoms with E-state index in [2.05, 4.69) is 10.0 Å². The smallest absolute Gasteiger partial charge is 0.251 e. The molecule has 0 spiro atoms. The van der Waals surface area contributed by atoms with Crippen LogP contribution >= 0.6 is 0 Å². The lowest BCUT2D eigenvalue weighted by Gasteiger charge is -2.03. The normalized spacial score (nSPS) is 21.2. The highest BCUT2D eigenvalue weighted by Crippen LogP contribution is 2.27. The van der Waals surface area contributed by atoms with E-state index in [4.69, 9.17) is 0 Å². The Morgan fingerprint density at radius 1 is 1.00 bits per heavy atom. The van der Waals surface area contributed by atoms with Gasteiger partial charge in [0.05, 0.1) is 4.91 Å². The van der Waals surface area contributed by atoms with Crippen molar-refractivity contribution in [1.29, 1.82) is 0 Å². The number of hydrogen-bond donors (Lipinski definition) is 2. The first-order chi connectivity index (χ1) is 10.1. The summed E-state index contributed by atoms with van der Waals surface area (Å²) in [6, 6.07) is 7.63. The fourth-order valence-corrected chi connectivity index (χ4v) is 3.90. The van der Waals surface area contributed by atoms with Gasteiger partial charge in [-0.25, -0.2) is 13.1 Å². The largest absolute Gasteiger partial charge is 0.348 e. The average Bonchev–Trinajstić information content (AvgIpc) is 3.02. The number of fused-ring (bicyclic) bond motifs is 2. The molecule has 110 valence electrons. The molecule has 2 aliphatic heterocycles. The maximum atomic E-state index is 11.2. The molecular formula is C15H16N2O3S. The van der Waals surface area contributed by atoms with E-state index in [-0.39, 0.29) is 5.91 Å². The van der Waals surface area contributed by atoms with Crippen LogP contribution in [0.4, 0.5) is 0 Å². The molecule has 0 unspecified atom stereocenters. The number of nitrogens with one attached hydrogen (secondary N) is 2. The predicted molar refractivity (Wildman–Crippen MR) is 79.9 cm³/mol. The number of hydrogen-bond acceptors (Lipinski definition) is 3. The molecule has 4 rings (SSSR count). The Bertz CT molecular complexity index is 748. The van der Waals surface area contributed by atoms with Crippen LogP contribution in [0.25, 0.3) is 0 Å². The fraction of sp³-hybridized carbons (Fsp3) is 0.267. The quantitative estimate of drug-likeness (QED) is 0.762. The van der Waals surface area contributed by atoms with Gasteiger partial charge in [0, 0.05) is 18.7 Å². The number of carbonyl (C=O) groups is 1. The first-order valence-corrected chi connectivity index (χ1v) is 8.31. The van der Waals surface area contributed by atoms with Crippen LogP contribution in [0.5, 0.6) is 0 Å². The third-order valence-electron chi connectivity index (χ3n) is 3.65. The van der Waals surface area contributed by atoms with E-state index in [0.717, 1.165) is 29.5 Å². The van der Waals surface area contributed by atoms with Gasteiger partial charge in [-0.15, -0.1) is 0 Å². The van der Waals surface area contributed by atoms with Gasteiger partial charge in [-0.05, 0) is 30.0 Å². The number of amides is 1. The van der Waals surface area contributed by atoms with Crippen molar-refractivity contribution < 1.29 is 13.2 Å². The first-order valence-electron chi connectivity index (χ1n) is 6.83. The molecule has 1 aliphatic carbocycles. The van der Waals surface area contributed by atoms with E-state index in [1.54, 1.807) is 6.08 Å². The topological polar surface area (TPSA) is 75.3 Å². The monoisotopic (exact) mass is 304 g/mol. The van der Waals surface area contributed by atoms with Crippen molar-refractivity contribution >= 4 is 15.9 Å². The molecule has 0 atom stereocenters. The number of benzene rings is 1. The summed E-state index contributed by atoms with van der Waals surface area (Å²) in [7, 11) is -3.10. The summed E-state index contributed by atoms with van der Waals surface area (Å²) < 4.78 is 24.8. The molecule has 0 saturated carbocycles. The van der Waals surface area contributed by atoms with Gasteiger partial charge in [0.1, 0.15) is 0 Å². The zero-order valence-electron chi connectivity index (χ0n) is 11.4. The Labute approximate surface area is 123 Å². The summed E-state index contributed by atoms with van der Waals surface area (Å²) in [5.41, 5.74) is 2.87. The highest BCUT2D eigenvalue weighted by molar-refractivity contribution is 7.94. The van der Waals surface area contributed by atoms with Crippen molar-refractivity contribution in [1.82, 2.24) is 10.0 Å². The molecule has 1 fully saturated rings. The van der Waals surface area contributed by atoms with Gasteiger partial charge >= 0.3 is 0 Å². The Morgan fingerprint density at radius 2 is 1.76 bits per heavy atom. The first kappa shape index (κ1) is 14.0. The second kappa shape index (κ2) is 5.46. The summed E-state index contributed by atoms with van der Waals surface area (Å²) in [4.78, 5) is 11.5. The van der Waals surface area contributed by atoms with Gasteiger partial charge in [-0.1, -0.05) is 30.4 Å². The zero-order valence-corrected chi connectivity index (χ0v) is 12.2. The molecule has 1 aromatic rings. The molecule has 1 saturated heterocycles. The minimum absolute atomic E-state index is 0.0515. The van der Waals surface area contributed by atoms with E-state index in [0.29, 0.717) is 18.0 Å². The Morgan fingerprint density at radius 3 is 2.52 bits per heavy atom. The van der Waals surface area contributed by atoms with E-state index in [9.17, 15) is 13.2 Å². The summed E-state index contributed by atoms with van der Waals surface area (Å²) in [5.74, 6) is 0.0515. The van der Waals surface area contributed by atoms with E-state index >= 15 is 0 Å². The van der Waals surface area contributed by atoms with Crippen LogP contribution in [-0.2, 0) is 16.6 Å². The Kier molecular flexibility index (Phi) is 3.65. The molecule has 0 bridgehead atoms. The molecule has 0 aromatic heterocycles. The third-order valence-corrected chi connectivity index (χ3v) is 5.18. The van der Waals surface area contributed by atoms with Gasteiger partial charge < -0.3 is 5.32 Å². The third kappa shape index (κ3) is 2.77. The summed E-state index contributed by atoms with van der Waals surface area (Å²) in [6.07, 6.45) is 5.60. The maximum Gasteiger partial charge on any atom is 0.251 e. The number of rotatable bonds is 0. The second-order valence-electron chi connectivity index (χ2n) is 5.04. The lowest BCUT2D eigenvalue weighted by Crippen LogP contribution is -2.14. The van der Waals surface area contributed by atoms with E-state index in [1.165, 1.54) is 0 Å². The van der Waals surface area contributed by atoms with Gasteiger partial charge in [0.15, 0.2) is 0 Å². The van der Waals surface area contributed by atoms with Crippen molar-refractivity contribution in [2.24, 2.45) is 0 Å². The minimum Gasteiger partial charge on any atom is -0.348 e. The standard InChI is InChI=1S/C8H7NO.C7H9NO2S/c10-8-7-4-2-1-3-6(7)5-9-8;9-11(10)7-4-2-1-3-6(7)5-8-11/h1-4H,5H2,(H,9,10);3-4,8H,1-2,5H2. The molecule has 0 radical (unpaired) electrons. The summed E-state index contributed by atoms with van der Waals surface area (Å²) >= 11 is 0. The van der Waals surface area contributed by atoms with E-state index < -0.39 is 10.0 Å². The number of carbonyl (C=O) groups excluding carboxylic acids is 1. The molecule has 1 amide bonds. The Hall–Kier alpha value is -1.92. The van der Waals surface area contributed by atoms with Gasteiger partial charge in [0.2, 0.25) is 10.0 Å². The maximum absolute atomic E-state index is 11.2. The van der Waals surface area contributed by atoms with Crippen LogP contribution in [0.15, 0.2) is 46.9 Å². The van der Waals surface area contributed by atoms with Crippen molar-refractivity contribution in [2.45, 2.75) is 19.4 Å². The van der Waals surface area contributed by atoms with Crippen molar-refractivity contribution in [3.8, 4) is 0 Å². The van der Waals surface area contributed by atoms with Crippen LogP contribution in [0, 0.1) is 0 Å². The van der Waals surface area contributed by atoms with Crippen LogP contribution in [0.3, 0.4) is 0 Å². The lowest BCUT2D eigenvalue weighted by atomic mass is 10.1. The molecule has 5 nitrogen and oxygen atoms in total. The van der Waals surface area contributed by atoms with E-state index in [1.807, 2.05) is 30.3 Å². The highest BCUT2D eigenvalue weighted by atomic mass is 32.2. The fourth-order valence-electron chi connectivity index (χ4n) is 2.56. The van der Waals surface area contributed by atoms with Crippen molar-refractivity contribution in [3.05, 3.63) is 58.0 Å². The van der Waals surface area contributed by atoms with Crippen LogP contribution in [-0.4, -0.2) is 20.9 Å². The lowest BCUT2D eigenvalue weighted by molar-refractivity contribution is 0.0965. The molecule has 3 aliphatic rings. The number of allylic oxidation sites excluding steroid dienone is 2. The molecule has 6 heteroatoms. The number of sulfonamides is 1. The highest BCUT2D eigenvalue weighted by Gasteiger charge is 2.29.